The summed E-state index contributed by atoms with van der Waals surface area (Å²) >= 11 is 0. The lowest BCUT2D eigenvalue weighted by Gasteiger charge is -2.49. The van der Waals surface area contributed by atoms with Gasteiger partial charge in [0, 0.05) is 10.6 Å². The van der Waals surface area contributed by atoms with Crippen molar-refractivity contribution in [2.75, 3.05) is 25.5 Å². The van der Waals surface area contributed by atoms with E-state index in [-0.39, 0.29) is 22.4 Å². The topological polar surface area (TPSA) is 83.0 Å². The molecule has 0 saturated heterocycles. The van der Waals surface area contributed by atoms with E-state index < -0.39 is 25.5 Å². The largest absolute Gasteiger partial charge is 0.494 e. The van der Waals surface area contributed by atoms with E-state index >= 15 is 0 Å². The van der Waals surface area contributed by atoms with Crippen molar-refractivity contribution in [3.63, 3.8) is 0 Å². The third-order valence-corrected chi connectivity index (χ3v) is 11.7. The number of aryl methyl sites for hydroxylation is 1. The zero-order valence-electron chi connectivity index (χ0n) is 21.2. The van der Waals surface area contributed by atoms with Gasteiger partial charge in [-0.3, -0.25) is 9.79 Å². The van der Waals surface area contributed by atoms with Crippen molar-refractivity contribution >= 4 is 31.5 Å². The van der Waals surface area contributed by atoms with Gasteiger partial charge in [-0.2, -0.15) is 0 Å². The van der Waals surface area contributed by atoms with E-state index in [1.807, 2.05) is 13.8 Å². The van der Waals surface area contributed by atoms with Crippen LogP contribution in [0.5, 0.6) is 5.75 Å². The number of benzene rings is 1. The van der Waals surface area contributed by atoms with E-state index in [9.17, 15) is 14.0 Å². The number of anilines is 1. The number of carbonyl (C=O) groups excluding carboxylic acids is 2. The van der Waals surface area contributed by atoms with Crippen molar-refractivity contribution in [1.29, 1.82) is 0 Å². The van der Waals surface area contributed by atoms with Crippen LogP contribution in [-0.4, -0.2) is 56.5 Å². The number of halogens is 1. The molecule has 1 aliphatic carbocycles. The maximum absolute atomic E-state index is 14.8. The quantitative estimate of drug-likeness (QED) is 0.597. The second kappa shape index (κ2) is 8.22. The number of ether oxygens (including phenoxy) is 1. The van der Waals surface area contributed by atoms with Crippen LogP contribution in [0.25, 0.3) is 0 Å². The predicted molar refractivity (Wildman–Crippen MR) is 135 cm³/mol. The molecule has 0 atom stereocenters. The van der Waals surface area contributed by atoms with Gasteiger partial charge in [0.05, 0.1) is 33.8 Å². The summed E-state index contributed by atoms with van der Waals surface area (Å²) in [5.74, 6) is 0.391. The Balaban J connectivity index is 1.53. The SMILES string of the molecule is COc1ccc(C)c(F)c1NC(=O)N1CC2=C(CN=C2NC(=O)C2([Si](C)(C)C)CCC2)C1(C)C. The number of aliphatic imine (C=N–C) groups is 1. The van der Waals surface area contributed by atoms with E-state index in [1.54, 1.807) is 24.0 Å². The molecule has 1 aromatic carbocycles. The molecule has 0 spiro atoms. The highest BCUT2D eigenvalue weighted by molar-refractivity contribution is 6.82. The Kier molecular flexibility index (Phi) is 5.91. The van der Waals surface area contributed by atoms with Gasteiger partial charge >= 0.3 is 6.03 Å². The summed E-state index contributed by atoms with van der Waals surface area (Å²) in [6, 6.07) is 2.82. The van der Waals surface area contributed by atoms with Crippen molar-refractivity contribution in [2.45, 2.75) is 70.3 Å². The van der Waals surface area contributed by atoms with Crippen LogP contribution in [0, 0.1) is 12.7 Å². The van der Waals surface area contributed by atoms with Crippen molar-refractivity contribution < 1.29 is 18.7 Å². The minimum atomic E-state index is -1.72. The summed E-state index contributed by atoms with van der Waals surface area (Å²) < 4.78 is 20.0. The molecule has 3 aliphatic rings. The van der Waals surface area contributed by atoms with Gasteiger partial charge in [0.15, 0.2) is 5.82 Å². The molecule has 4 rings (SSSR count). The Bertz CT molecular complexity index is 1120. The number of nitrogens with one attached hydrogen (secondary N) is 2. The summed E-state index contributed by atoms with van der Waals surface area (Å²) in [5, 5.41) is 5.58. The minimum absolute atomic E-state index is 0.0274. The van der Waals surface area contributed by atoms with Gasteiger partial charge in [0.1, 0.15) is 17.3 Å². The molecule has 2 N–H and O–H groups in total. The van der Waals surface area contributed by atoms with Crippen molar-refractivity contribution in [1.82, 2.24) is 10.2 Å². The van der Waals surface area contributed by atoms with Gasteiger partial charge in [0.2, 0.25) is 5.91 Å². The molecule has 1 saturated carbocycles. The van der Waals surface area contributed by atoms with E-state index in [0.717, 1.165) is 30.4 Å². The molecule has 0 unspecified atom stereocenters. The number of amidine groups is 1. The third kappa shape index (κ3) is 3.64. The highest BCUT2D eigenvalue weighted by Crippen LogP contribution is 2.55. The number of hydrogen-bond acceptors (Lipinski definition) is 4. The molecular weight excluding hydrogens is 451 g/mol. The fourth-order valence-electron chi connectivity index (χ4n) is 5.38. The number of hydrogen-bond donors (Lipinski definition) is 2. The molecule has 1 fully saturated rings. The molecule has 184 valence electrons. The molecular formula is C25H35FN4O3Si. The van der Waals surface area contributed by atoms with Gasteiger partial charge < -0.3 is 20.3 Å². The van der Waals surface area contributed by atoms with E-state index in [2.05, 4.69) is 35.3 Å². The van der Waals surface area contributed by atoms with Crippen molar-refractivity contribution in [2.24, 2.45) is 4.99 Å². The normalized spacial score (nSPS) is 20.5. The molecule has 9 heteroatoms. The summed E-state index contributed by atoms with van der Waals surface area (Å²) in [6.45, 7) is 13.0. The minimum Gasteiger partial charge on any atom is -0.494 e. The van der Waals surface area contributed by atoms with Crippen molar-refractivity contribution in [3.8, 4) is 5.75 Å². The fourth-order valence-corrected chi connectivity index (χ4v) is 7.98. The first kappa shape index (κ1) is 24.4. The lowest BCUT2D eigenvalue weighted by Crippen LogP contribution is -2.55. The van der Waals surface area contributed by atoms with E-state index in [0.29, 0.717) is 24.5 Å². The fraction of sp³-hybridized carbons (Fsp3) is 0.560. The number of amides is 3. The predicted octanol–water partition coefficient (Wildman–Crippen LogP) is 4.86. The van der Waals surface area contributed by atoms with Crippen LogP contribution in [0.4, 0.5) is 14.9 Å². The van der Waals surface area contributed by atoms with Gasteiger partial charge in [-0.25, -0.2) is 9.18 Å². The Labute approximate surface area is 201 Å². The second-order valence-electron chi connectivity index (χ2n) is 11.1. The van der Waals surface area contributed by atoms with Crippen LogP contribution in [0.15, 0.2) is 28.3 Å². The summed E-state index contributed by atoms with van der Waals surface area (Å²) in [4.78, 5) is 33.0. The van der Waals surface area contributed by atoms with Crippen LogP contribution in [0.2, 0.25) is 24.7 Å². The average Bonchev–Trinajstić information content (AvgIpc) is 3.22. The van der Waals surface area contributed by atoms with Gasteiger partial charge in [-0.05, 0) is 50.8 Å². The smallest absolute Gasteiger partial charge is 0.323 e. The standard InChI is InChI=1S/C25H35FN4O3Si/c1-15-9-10-18(33-4)20(19(15)26)28-23(32)30-14-16-17(24(30,2)3)13-27-21(16)29-22(31)25(11-8-12-25)34(5,6)7/h9-10H,8,11-14H2,1-7H3,(H,28,32)(H,27,29,31). The molecule has 2 heterocycles. The maximum Gasteiger partial charge on any atom is 0.323 e. The van der Waals surface area contributed by atoms with Crippen LogP contribution in [-0.2, 0) is 4.79 Å². The molecule has 0 radical (unpaired) electrons. The summed E-state index contributed by atoms with van der Waals surface area (Å²) in [5.41, 5.74) is 1.71. The van der Waals surface area contributed by atoms with Gasteiger partial charge in [0.25, 0.3) is 0 Å². The molecule has 1 aromatic rings. The molecule has 0 bridgehead atoms. The second-order valence-corrected chi connectivity index (χ2v) is 16.6. The Morgan fingerprint density at radius 3 is 2.41 bits per heavy atom. The molecule has 2 aliphatic heterocycles. The van der Waals surface area contributed by atoms with Gasteiger partial charge in [-0.1, -0.05) is 32.1 Å². The Hall–Kier alpha value is -2.68. The van der Waals surface area contributed by atoms with Crippen LogP contribution < -0.4 is 15.4 Å². The average molecular weight is 487 g/mol. The van der Waals surface area contributed by atoms with Crippen LogP contribution in [0.1, 0.15) is 38.7 Å². The first-order valence-corrected chi connectivity index (χ1v) is 15.3. The number of carbonyl (C=O) groups is 2. The summed E-state index contributed by atoms with van der Waals surface area (Å²) in [6.07, 6.45) is 2.94. The molecule has 3 amide bonds. The molecule has 34 heavy (non-hydrogen) atoms. The first-order valence-electron chi connectivity index (χ1n) is 11.8. The molecule has 0 aromatic heterocycles. The number of nitrogens with zero attached hydrogens (tertiary/aromatic N) is 2. The number of rotatable bonds is 4. The highest BCUT2D eigenvalue weighted by Gasteiger charge is 2.54. The van der Waals surface area contributed by atoms with Gasteiger partial charge in [-0.15, -0.1) is 0 Å². The number of urea groups is 1. The molecule has 7 nitrogen and oxygen atoms in total. The monoisotopic (exact) mass is 486 g/mol. The van der Waals surface area contributed by atoms with E-state index in [1.165, 1.54) is 7.11 Å². The summed E-state index contributed by atoms with van der Waals surface area (Å²) in [7, 11) is -0.279. The first-order chi connectivity index (χ1) is 15.8. The van der Waals surface area contributed by atoms with Crippen molar-refractivity contribution in [3.05, 3.63) is 34.7 Å². The Morgan fingerprint density at radius 2 is 1.85 bits per heavy atom. The zero-order chi connectivity index (χ0) is 25.1. The lowest BCUT2D eigenvalue weighted by atomic mass is 9.83. The number of methoxy groups -OCH3 is 1. The highest BCUT2D eigenvalue weighted by atomic mass is 28.3. The maximum atomic E-state index is 14.8. The van der Waals surface area contributed by atoms with E-state index in [4.69, 9.17) is 4.74 Å². The lowest BCUT2D eigenvalue weighted by molar-refractivity contribution is -0.125. The Morgan fingerprint density at radius 1 is 1.18 bits per heavy atom. The van der Waals surface area contributed by atoms with Crippen LogP contribution >= 0.6 is 0 Å². The third-order valence-electron chi connectivity index (χ3n) is 8.08. The zero-order valence-corrected chi connectivity index (χ0v) is 22.2. The van der Waals surface area contributed by atoms with Crippen LogP contribution in [0.3, 0.4) is 0 Å².